The molecule has 0 bridgehead atoms. The van der Waals surface area contributed by atoms with Crippen molar-refractivity contribution in [1.82, 2.24) is 19.9 Å². The third kappa shape index (κ3) is 10.7. The van der Waals surface area contributed by atoms with Crippen LogP contribution in [0.3, 0.4) is 0 Å². The van der Waals surface area contributed by atoms with Crippen molar-refractivity contribution < 1.29 is 32.7 Å². The third-order valence-corrected chi connectivity index (χ3v) is 12.8. The summed E-state index contributed by atoms with van der Waals surface area (Å²) in [5.41, 5.74) is 9.04. The number of amides is 1. The fourth-order valence-corrected chi connectivity index (χ4v) is 8.89. The number of thiophene rings is 2. The lowest BCUT2D eigenvalue weighted by Gasteiger charge is -2.31. The van der Waals surface area contributed by atoms with Gasteiger partial charge >= 0.3 is 7.12 Å². The Bertz CT molecular complexity index is 1780. The van der Waals surface area contributed by atoms with Gasteiger partial charge in [0.2, 0.25) is 10.0 Å². The van der Waals surface area contributed by atoms with E-state index in [2.05, 4.69) is 40.7 Å². The highest BCUT2D eigenvalue weighted by Gasteiger charge is 2.29. The Labute approximate surface area is 303 Å². The number of hydrogen-bond donors (Lipinski definition) is 6. The average Bonchev–Trinajstić information content (AvgIpc) is 3.87. The molecule has 0 aliphatic carbocycles. The molecule has 1 amide bonds. The lowest BCUT2D eigenvalue weighted by molar-refractivity contribution is 0.100. The van der Waals surface area contributed by atoms with E-state index in [0.29, 0.717) is 42.7 Å². The Kier molecular flexibility index (Phi) is 15.0. The molecule has 3 aromatic heterocycles. The Morgan fingerprint density at radius 3 is 2.16 bits per heavy atom. The zero-order chi connectivity index (χ0) is 36.4. The number of carbonyl (C=O) groups is 1. The van der Waals surface area contributed by atoms with Crippen molar-refractivity contribution in [3.8, 4) is 10.4 Å². The summed E-state index contributed by atoms with van der Waals surface area (Å²) in [7, 11) is -1.17. The number of H-pyrrole nitrogens is 1. The number of aromatic nitrogens is 1. The largest absolute Gasteiger partial charge is 0.499 e. The number of sulfonamides is 1. The lowest BCUT2D eigenvalue weighted by Crippen LogP contribution is -2.38. The van der Waals surface area contributed by atoms with Gasteiger partial charge in [-0.2, -0.15) is 0 Å². The van der Waals surface area contributed by atoms with E-state index < -0.39 is 23.0 Å². The SMILES string of the molecule is CCS(=O)(=O)N1CCC(c2c[nH]c3c(C(N)=O)cc(-c4ccc(CNC(C)COC)s4)cc23)CC1.COCC(C)NCc1ccc(B(O)O)s1. The number of ether oxygens (including phenoxy) is 2. The Hall–Kier alpha value is -2.64. The quantitative estimate of drug-likeness (QED) is 0.0940. The van der Waals surface area contributed by atoms with Crippen molar-refractivity contribution in [2.45, 2.75) is 64.7 Å². The summed E-state index contributed by atoms with van der Waals surface area (Å²) < 4.78 is 36.9. The molecule has 12 nitrogen and oxygen atoms in total. The second kappa shape index (κ2) is 18.7. The number of nitrogens with one attached hydrogen (secondary N) is 3. The van der Waals surface area contributed by atoms with Gasteiger partial charge in [-0.25, -0.2) is 12.7 Å². The number of carbonyl (C=O) groups excluding carboxylic acids is 1. The molecule has 0 spiro atoms. The number of benzene rings is 1. The molecule has 4 aromatic rings. The molecule has 5 rings (SSSR count). The van der Waals surface area contributed by atoms with Crippen molar-refractivity contribution in [2.75, 3.05) is 46.3 Å². The van der Waals surface area contributed by atoms with Crippen LogP contribution in [0.1, 0.15) is 65.2 Å². The van der Waals surface area contributed by atoms with Gasteiger partial charge in [0.1, 0.15) is 0 Å². The predicted octanol–water partition coefficient (Wildman–Crippen LogP) is 3.20. The minimum Gasteiger partial charge on any atom is -0.423 e. The van der Waals surface area contributed by atoms with E-state index in [9.17, 15) is 13.2 Å². The number of aromatic amines is 1. The van der Waals surface area contributed by atoms with Gasteiger partial charge in [0.05, 0.1) is 30.0 Å². The molecule has 16 heteroatoms. The summed E-state index contributed by atoms with van der Waals surface area (Å²) in [6, 6.07) is 12.3. The first-order valence-electron chi connectivity index (χ1n) is 16.8. The first-order valence-corrected chi connectivity index (χ1v) is 20.0. The Morgan fingerprint density at radius 1 is 1.02 bits per heavy atom. The van der Waals surface area contributed by atoms with E-state index in [4.69, 9.17) is 25.3 Å². The van der Waals surface area contributed by atoms with Gasteiger partial charge in [-0.05, 0) is 81.0 Å². The predicted molar refractivity (Wildman–Crippen MR) is 204 cm³/mol. The van der Waals surface area contributed by atoms with Crippen LogP contribution in [0.4, 0.5) is 0 Å². The van der Waals surface area contributed by atoms with Crippen LogP contribution < -0.4 is 21.1 Å². The van der Waals surface area contributed by atoms with Crippen molar-refractivity contribution >= 4 is 61.4 Å². The maximum atomic E-state index is 12.3. The van der Waals surface area contributed by atoms with Gasteiger partial charge < -0.3 is 40.9 Å². The number of hydrogen-bond acceptors (Lipinski definition) is 11. The van der Waals surface area contributed by atoms with Gasteiger partial charge in [-0.3, -0.25) is 4.79 Å². The van der Waals surface area contributed by atoms with E-state index in [1.54, 1.807) is 42.9 Å². The molecule has 0 radical (unpaired) electrons. The van der Waals surface area contributed by atoms with Gasteiger partial charge in [-0.1, -0.05) is 6.07 Å². The molecular formula is C34H50BN5O7S3. The molecule has 4 heterocycles. The molecule has 1 aromatic carbocycles. The minimum absolute atomic E-state index is 0.125. The van der Waals surface area contributed by atoms with Crippen molar-refractivity contribution in [2.24, 2.45) is 5.73 Å². The standard InChI is InChI=1S/C25H34N4O4S2.C9H16BNO3S/c1-4-35(31,32)29-9-7-17(8-10-29)22-14-28-24-20(22)11-18(12-21(24)25(26)30)23-6-5-19(34-23)13-27-16(2)15-33-3;1-7(6-14-2)11-5-8-3-4-9(15-8)10(12)13/h5-6,11-12,14,16-17,27-28H,4,7-10,13,15H2,1-3H3,(H2,26,30);3-4,7,11-13H,5-6H2,1-2H3. The number of primary amides is 1. The number of fused-ring (bicyclic) bond motifs is 1. The first-order chi connectivity index (χ1) is 23.9. The van der Waals surface area contributed by atoms with E-state index in [-0.39, 0.29) is 17.7 Å². The summed E-state index contributed by atoms with van der Waals surface area (Å²) >= 11 is 3.08. The molecule has 2 unspecified atom stereocenters. The molecule has 2 atom stereocenters. The van der Waals surface area contributed by atoms with Crippen molar-refractivity contribution in [3.63, 3.8) is 0 Å². The van der Waals surface area contributed by atoms with Crippen LogP contribution in [-0.2, 0) is 32.6 Å². The van der Waals surface area contributed by atoms with Crippen LogP contribution in [0.2, 0.25) is 0 Å². The fourth-order valence-electron chi connectivity index (χ4n) is 5.98. The van der Waals surface area contributed by atoms with Crippen LogP contribution in [0.5, 0.6) is 0 Å². The number of nitrogens with two attached hydrogens (primary N) is 1. The molecule has 1 saturated heterocycles. The first kappa shape index (κ1) is 40.1. The lowest BCUT2D eigenvalue weighted by atomic mass is 9.89. The maximum Gasteiger partial charge on any atom is 0.499 e. The van der Waals surface area contributed by atoms with Gasteiger partial charge in [-0.15, -0.1) is 22.7 Å². The summed E-state index contributed by atoms with van der Waals surface area (Å²) in [5, 5.41) is 25.6. The smallest absolute Gasteiger partial charge is 0.423 e. The molecule has 7 N–H and O–H groups in total. The molecule has 1 fully saturated rings. The fraction of sp³-hybridized carbons (Fsp3) is 0.500. The second-order valence-electron chi connectivity index (χ2n) is 12.5. The highest BCUT2D eigenvalue weighted by Crippen LogP contribution is 2.38. The Balaban J connectivity index is 0.000000314. The highest BCUT2D eigenvalue weighted by molar-refractivity contribution is 7.89. The van der Waals surface area contributed by atoms with Gasteiger partial charge in [0.15, 0.2) is 0 Å². The van der Waals surface area contributed by atoms with E-state index in [1.165, 1.54) is 16.2 Å². The molecule has 1 aliphatic rings. The maximum absolute atomic E-state index is 12.3. The van der Waals surface area contributed by atoms with Crippen LogP contribution in [0, 0.1) is 0 Å². The summed E-state index contributed by atoms with van der Waals surface area (Å²) in [4.78, 5) is 18.9. The summed E-state index contributed by atoms with van der Waals surface area (Å²) in [6.45, 7) is 9.62. The van der Waals surface area contributed by atoms with Crippen LogP contribution in [-0.4, -0.2) is 99.1 Å². The van der Waals surface area contributed by atoms with Crippen molar-refractivity contribution in [1.29, 1.82) is 0 Å². The van der Waals surface area contributed by atoms with Gasteiger partial charge in [0.25, 0.3) is 5.91 Å². The van der Waals surface area contributed by atoms with E-state index >= 15 is 0 Å². The molecular weight excluding hydrogens is 697 g/mol. The van der Waals surface area contributed by atoms with Crippen LogP contribution in [0.15, 0.2) is 42.6 Å². The van der Waals surface area contributed by atoms with Crippen LogP contribution >= 0.6 is 22.7 Å². The topological polar surface area (TPSA) is 179 Å². The highest BCUT2D eigenvalue weighted by atomic mass is 32.2. The Morgan fingerprint density at radius 2 is 1.62 bits per heavy atom. The molecule has 1 aliphatic heterocycles. The zero-order valence-corrected chi connectivity index (χ0v) is 31.8. The molecule has 0 saturated carbocycles. The van der Waals surface area contributed by atoms with E-state index in [1.807, 2.05) is 25.3 Å². The minimum atomic E-state index is -3.17. The number of nitrogens with zero attached hydrogens (tertiary/aromatic N) is 1. The zero-order valence-electron chi connectivity index (χ0n) is 29.4. The number of methoxy groups -OCH3 is 2. The second-order valence-corrected chi connectivity index (χ2v) is 17.2. The molecule has 50 heavy (non-hydrogen) atoms. The number of piperidine rings is 1. The monoisotopic (exact) mass is 747 g/mol. The van der Waals surface area contributed by atoms with Crippen LogP contribution in [0.25, 0.3) is 21.3 Å². The normalized spacial score (nSPS) is 15.5. The molecule has 274 valence electrons. The average molecular weight is 748 g/mol. The summed E-state index contributed by atoms with van der Waals surface area (Å²) in [5.74, 6) is -0.131. The number of rotatable bonds is 16. The summed E-state index contributed by atoms with van der Waals surface area (Å²) in [6.07, 6.45) is 3.45. The van der Waals surface area contributed by atoms with E-state index in [0.717, 1.165) is 57.7 Å². The third-order valence-electron chi connectivity index (χ3n) is 8.70. The van der Waals surface area contributed by atoms with Crippen molar-refractivity contribution in [3.05, 3.63) is 63.5 Å². The van der Waals surface area contributed by atoms with Gasteiger partial charge in [0, 0.05) is 83.5 Å².